The molecule has 0 bridgehead atoms. The summed E-state index contributed by atoms with van der Waals surface area (Å²) in [5, 5.41) is 6.77. The Bertz CT molecular complexity index is 337. The summed E-state index contributed by atoms with van der Waals surface area (Å²) in [5.74, 6) is 0.819. The van der Waals surface area contributed by atoms with Crippen LogP contribution in [0.2, 0.25) is 0 Å². The molecule has 2 heterocycles. The molecule has 0 unspecified atom stereocenters. The molecular formula is C6H6N4S. The summed E-state index contributed by atoms with van der Waals surface area (Å²) in [4.78, 5) is 8.17. The van der Waals surface area contributed by atoms with Crippen LogP contribution in [0.5, 0.6) is 0 Å². The van der Waals surface area contributed by atoms with Crippen LogP contribution in [0.3, 0.4) is 0 Å². The van der Waals surface area contributed by atoms with Crippen molar-refractivity contribution < 1.29 is 0 Å². The Labute approximate surface area is 67.5 Å². The number of hydrogen-bond donors (Lipinski definition) is 0. The Hall–Kier alpha value is -1.23. The van der Waals surface area contributed by atoms with Gasteiger partial charge in [-0.05, 0) is 0 Å². The van der Waals surface area contributed by atoms with Crippen molar-refractivity contribution in [2.75, 3.05) is 0 Å². The second-order valence-corrected chi connectivity index (χ2v) is 2.94. The van der Waals surface area contributed by atoms with Crippen molar-refractivity contribution in [3.8, 4) is 10.8 Å². The van der Waals surface area contributed by atoms with Gasteiger partial charge >= 0.3 is 0 Å². The van der Waals surface area contributed by atoms with Crippen LogP contribution in [0, 0.1) is 0 Å². The summed E-state index contributed by atoms with van der Waals surface area (Å²) in [7, 11) is 1.85. The van der Waals surface area contributed by atoms with Crippen molar-refractivity contribution in [3.05, 3.63) is 17.9 Å². The topological polar surface area (TPSA) is 43.6 Å². The molecule has 0 aliphatic rings. The molecule has 0 aromatic carbocycles. The minimum Gasteiger partial charge on any atom is -0.247 e. The van der Waals surface area contributed by atoms with Gasteiger partial charge in [0.1, 0.15) is 6.33 Å². The molecule has 0 fully saturated rings. The molecule has 0 radical (unpaired) electrons. The van der Waals surface area contributed by atoms with Crippen molar-refractivity contribution in [2.24, 2.45) is 7.05 Å². The van der Waals surface area contributed by atoms with Gasteiger partial charge < -0.3 is 0 Å². The van der Waals surface area contributed by atoms with E-state index in [1.165, 1.54) is 6.33 Å². The monoisotopic (exact) mass is 166 g/mol. The molecular weight excluding hydrogens is 160 g/mol. The van der Waals surface area contributed by atoms with E-state index < -0.39 is 0 Å². The van der Waals surface area contributed by atoms with E-state index in [-0.39, 0.29) is 0 Å². The molecule has 0 aliphatic heterocycles. The normalized spacial score (nSPS) is 10.3. The fraction of sp³-hybridized carbons (Fsp3) is 0.167. The molecule has 0 atom stereocenters. The first-order chi connectivity index (χ1) is 5.38. The van der Waals surface area contributed by atoms with Crippen LogP contribution in [0.4, 0.5) is 0 Å². The molecule has 2 aromatic heterocycles. The molecule has 4 nitrogen and oxygen atoms in total. The van der Waals surface area contributed by atoms with Gasteiger partial charge in [-0.2, -0.15) is 5.10 Å². The van der Waals surface area contributed by atoms with Crippen LogP contribution in [0.15, 0.2) is 17.9 Å². The quantitative estimate of drug-likeness (QED) is 0.633. The van der Waals surface area contributed by atoms with Crippen molar-refractivity contribution >= 4 is 11.3 Å². The SMILES string of the molecule is Cn1ncnc1-c1nccs1. The molecule has 0 N–H and O–H groups in total. The van der Waals surface area contributed by atoms with Gasteiger partial charge in [0.2, 0.25) is 0 Å². The maximum Gasteiger partial charge on any atom is 0.186 e. The molecule has 5 heteroatoms. The lowest BCUT2D eigenvalue weighted by atomic mass is 10.6. The van der Waals surface area contributed by atoms with Crippen molar-refractivity contribution in [3.63, 3.8) is 0 Å². The summed E-state index contributed by atoms with van der Waals surface area (Å²) >= 11 is 1.56. The highest BCUT2D eigenvalue weighted by Crippen LogP contribution is 2.17. The van der Waals surface area contributed by atoms with Gasteiger partial charge in [-0.15, -0.1) is 11.3 Å². The largest absolute Gasteiger partial charge is 0.247 e. The molecule has 2 aromatic rings. The summed E-state index contributed by atoms with van der Waals surface area (Å²) in [5.41, 5.74) is 0. The average Bonchev–Trinajstić information content (AvgIpc) is 2.55. The number of aromatic nitrogens is 4. The number of hydrogen-bond acceptors (Lipinski definition) is 4. The minimum absolute atomic E-state index is 0.819. The van der Waals surface area contributed by atoms with Gasteiger partial charge in [0.25, 0.3) is 0 Å². The zero-order chi connectivity index (χ0) is 7.68. The van der Waals surface area contributed by atoms with Crippen molar-refractivity contribution in [2.45, 2.75) is 0 Å². The van der Waals surface area contributed by atoms with E-state index in [9.17, 15) is 0 Å². The van der Waals surface area contributed by atoms with Gasteiger partial charge in [0.15, 0.2) is 10.8 Å². The lowest BCUT2D eigenvalue weighted by Gasteiger charge is -1.91. The van der Waals surface area contributed by atoms with Gasteiger partial charge in [0, 0.05) is 18.6 Å². The smallest absolute Gasteiger partial charge is 0.186 e. The van der Waals surface area contributed by atoms with Crippen molar-refractivity contribution in [1.29, 1.82) is 0 Å². The lowest BCUT2D eigenvalue weighted by Crippen LogP contribution is -1.93. The van der Waals surface area contributed by atoms with Crippen molar-refractivity contribution in [1.82, 2.24) is 19.7 Å². The zero-order valence-corrected chi connectivity index (χ0v) is 6.75. The zero-order valence-electron chi connectivity index (χ0n) is 5.93. The Morgan fingerprint density at radius 1 is 1.45 bits per heavy atom. The Balaban J connectivity index is 2.53. The van der Waals surface area contributed by atoms with Gasteiger partial charge in [-0.3, -0.25) is 0 Å². The van der Waals surface area contributed by atoms with Crippen LogP contribution in [0.1, 0.15) is 0 Å². The second-order valence-electron chi connectivity index (χ2n) is 2.04. The Morgan fingerprint density at radius 2 is 2.36 bits per heavy atom. The van der Waals surface area contributed by atoms with Crippen LogP contribution < -0.4 is 0 Å². The number of nitrogens with zero attached hydrogens (tertiary/aromatic N) is 4. The van der Waals surface area contributed by atoms with Crippen LogP contribution in [-0.2, 0) is 7.05 Å². The molecule has 0 spiro atoms. The first kappa shape index (κ1) is 6.48. The highest BCUT2D eigenvalue weighted by atomic mass is 32.1. The predicted octanol–water partition coefficient (Wildman–Crippen LogP) is 0.939. The second kappa shape index (κ2) is 2.43. The third-order valence-corrected chi connectivity index (χ3v) is 2.10. The number of thiazole rings is 1. The summed E-state index contributed by atoms with van der Waals surface area (Å²) in [6.45, 7) is 0. The predicted molar refractivity (Wildman–Crippen MR) is 42.1 cm³/mol. The maximum atomic E-state index is 4.11. The highest BCUT2D eigenvalue weighted by molar-refractivity contribution is 7.13. The van der Waals surface area contributed by atoms with E-state index in [4.69, 9.17) is 0 Å². The van der Waals surface area contributed by atoms with E-state index >= 15 is 0 Å². The third kappa shape index (κ3) is 1.03. The fourth-order valence-electron chi connectivity index (χ4n) is 0.824. The first-order valence-electron chi connectivity index (χ1n) is 3.12. The van der Waals surface area contributed by atoms with Gasteiger partial charge in [-0.25, -0.2) is 14.6 Å². The van der Waals surface area contributed by atoms with Crippen LogP contribution in [0.25, 0.3) is 10.8 Å². The van der Waals surface area contributed by atoms with Crippen LogP contribution >= 0.6 is 11.3 Å². The van der Waals surface area contributed by atoms with E-state index in [0.717, 1.165) is 10.8 Å². The van der Waals surface area contributed by atoms with E-state index in [2.05, 4.69) is 15.1 Å². The number of rotatable bonds is 1. The molecule has 11 heavy (non-hydrogen) atoms. The molecule has 0 aliphatic carbocycles. The standard InChI is InChI=1S/C6H6N4S/c1-10-5(8-4-9-10)6-7-2-3-11-6/h2-4H,1H3. The molecule has 0 saturated carbocycles. The first-order valence-corrected chi connectivity index (χ1v) is 4.00. The van der Waals surface area contributed by atoms with E-state index in [1.807, 2.05) is 12.4 Å². The molecule has 0 saturated heterocycles. The fourth-order valence-corrected chi connectivity index (χ4v) is 1.49. The van der Waals surface area contributed by atoms with E-state index in [1.54, 1.807) is 22.2 Å². The lowest BCUT2D eigenvalue weighted by molar-refractivity contribution is 0.774. The van der Waals surface area contributed by atoms with E-state index in [0.29, 0.717) is 0 Å². The highest BCUT2D eigenvalue weighted by Gasteiger charge is 2.04. The molecule has 0 amide bonds. The Kier molecular flexibility index (Phi) is 1.43. The van der Waals surface area contributed by atoms with Gasteiger partial charge in [0.05, 0.1) is 0 Å². The third-order valence-electron chi connectivity index (χ3n) is 1.33. The van der Waals surface area contributed by atoms with Gasteiger partial charge in [-0.1, -0.05) is 0 Å². The molecule has 2 rings (SSSR count). The molecule has 56 valence electrons. The average molecular weight is 166 g/mol. The summed E-state index contributed by atoms with van der Waals surface area (Å²) in [6, 6.07) is 0. The summed E-state index contributed by atoms with van der Waals surface area (Å²) in [6.07, 6.45) is 3.28. The summed E-state index contributed by atoms with van der Waals surface area (Å²) < 4.78 is 1.71. The van der Waals surface area contributed by atoms with Crippen LogP contribution in [-0.4, -0.2) is 19.7 Å². The number of aryl methyl sites for hydroxylation is 1. The Morgan fingerprint density at radius 3 is 2.91 bits per heavy atom. The minimum atomic E-state index is 0.819. The maximum absolute atomic E-state index is 4.11.